The van der Waals surface area contributed by atoms with Gasteiger partial charge < -0.3 is 10.6 Å². The van der Waals surface area contributed by atoms with E-state index in [1.807, 2.05) is 0 Å². The Bertz CT molecular complexity index is 512. The van der Waals surface area contributed by atoms with Gasteiger partial charge in [-0.1, -0.05) is 0 Å². The highest BCUT2D eigenvalue weighted by molar-refractivity contribution is 5.95. The van der Waals surface area contributed by atoms with Crippen LogP contribution >= 0.6 is 0 Å². The maximum atomic E-state index is 11.9. The number of rotatable bonds is 7. The fourth-order valence-electron chi connectivity index (χ4n) is 1.99. The lowest BCUT2D eigenvalue weighted by atomic mass is 10.1. The number of carbonyl (C=O) groups excluding carboxylic acids is 1. The van der Waals surface area contributed by atoms with E-state index >= 15 is 0 Å². The molecule has 0 atom stereocenters. The standard InChI is InChI=1S/C14H19N3O3/c1-10-7-11(9-13(8-10)17(19)20)14(18)16-6-2-5-15-12-3-4-12/h7-9,12,15H,2-6H2,1H3,(H,16,18). The van der Waals surface area contributed by atoms with Crippen LogP contribution in [0.15, 0.2) is 18.2 Å². The Morgan fingerprint density at radius 1 is 1.35 bits per heavy atom. The highest BCUT2D eigenvalue weighted by atomic mass is 16.6. The van der Waals surface area contributed by atoms with Crippen molar-refractivity contribution >= 4 is 11.6 Å². The van der Waals surface area contributed by atoms with Crippen LogP contribution in [-0.4, -0.2) is 30.0 Å². The van der Waals surface area contributed by atoms with Crippen molar-refractivity contribution in [1.29, 1.82) is 0 Å². The van der Waals surface area contributed by atoms with E-state index < -0.39 is 4.92 Å². The quantitative estimate of drug-likeness (QED) is 0.452. The number of hydrogen-bond acceptors (Lipinski definition) is 4. The summed E-state index contributed by atoms with van der Waals surface area (Å²) in [5.41, 5.74) is 0.997. The Kier molecular flexibility index (Phi) is 4.68. The molecular formula is C14H19N3O3. The van der Waals surface area contributed by atoms with Crippen molar-refractivity contribution in [3.8, 4) is 0 Å². The van der Waals surface area contributed by atoms with Crippen LogP contribution in [0.4, 0.5) is 5.69 Å². The first kappa shape index (κ1) is 14.5. The Morgan fingerprint density at radius 3 is 2.75 bits per heavy atom. The molecule has 0 aliphatic heterocycles. The third kappa shape index (κ3) is 4.31. The molecule has 2 N–H and O–H groups in total. The van der Waals surface area contributed by atoms with Gasteiger partial charge in [-0.05, 0) is 44.4 Å². The molecular weight excluding hydrogens is 258 g/mol. The third-order valence-electron chi connectivity index (χ3n) is 3.18. The molecule has 1 fully saturated rings. The van der Waals surface area contributed by atoms with Gasteiger partial charge in [0.05, 0.1) is 4.92 Å². The zero-order valence-corrected chi connectivity index (χ0v) is 11.5. The number of aryl methyl sites for hydroxylation is 1. The molecule has 1 aliphatic carbocycles. The summed E-state index contributed by atoms with van der Waals surface area (Å²) < 4.78 is 0. The second-order valence-electron chi connectivity index (χ2n) is 5.15. The second-order valence-corrected chi connectivity index (χ2v) is 5.15. The van der Waals surface area contributed by atoms with E-state index in [1.54, 1.807) is 13.0 Å². The number of nitro groups is 1. The minimum Gasteiger partial charge on any atom is -0.352 e. The summed E-state index contributed by atoms with van der Waals surface area (Å²) in [6, 6.07) is 5.09. The van der Waals surface area contributed by atoms with E-state index in [9.17, 15) is 14.9 Å². The topological polar surface area (TPSA) is 84.3 Å². The summed E-state index contributed by atoms with van der Waals surface area (Å²) in [6.45, 7) is 3.20. The Morgan fingerprint density at radius 2 is 2.10 bits per heavy atom. The summed E-state index contributed by atoms with van der Waals surface area (Å²) in [7, 11) is 0. The van der Waals surface area contributed by atoms with Gasteiger partial charge in [0, 0.05) is 30.3 Å². The predicted octanol–water partition coefficient (Wildman–Crippen LogP) is 1.78. The van der Waals surface area contributed by atoms with Crippen molar-refractivity contribution in [1.82, 2.24) is 10.6 Å². The number of nitrogens with one attached hydrogen (secondary N) is 2. The number of non-ortho nitro benzene ring substituents is 1. The van der Waals surface area contributed by atoms with E-state index in [1.165, 1.54) is 25.0 Å². The maximum Gasteiger partial charge on any atom is 0.270 e. The van der Waals surface area contributed by atoms with Gasteiger partial charge in [-0.15, -0.1) is 0 Å². The lowest BCUT2D eigenvalue weighted by Gasteiger charge is -2.06. The van der Waals surface area contributed by atoms with Gasteiger partial charge in [-0.2, -0.15) is 0 Å². The van der Waals surface area contributed by atoms with Gasteiger partial charge in [0.1, 0.15) is 0 Å². The average molecular weight is 277 g/mol. The Hall–Kier alpha value is -1.95. The molecule has 2 rings (SSSR count). The Balaban J connectivity index is 1.82. The first-order valence-corrected chi connectivity index (χ1v) is 6.84. The lowest BCUT2D eigenvalue weighted by Crippen LogP contribution is -2.28. The molecule has 1 aromatic rings. The minimum atomic E-state index is -0.483. The number of benzene rings is 1. The van der Waals surface area contributed by atoms with Gasteiger partial charge >= 0.3 is 0 Å². The van der Waals surface area contributed by atoms with Gasteiger partial charge in [0.15, 0.2) is 0 Å². The molecule has 0 heterocycles. The maximum absolute atomic E-state index is 11.9. The normalized spacial score (nSPS) is 14.1. The average Bonchev–Trinajstić information content (AvgIpc) is 3.21. The van der Waals surface area contributed by atoms with Crippen molar-refractivity contribution in [3.05, 3.63) is 39.4 Å². The molecule has 0 aromatic heterocycles. The molecule has 6 nitrogen and oxygen atoms in total. The minimum absolute atomic E-state index is 0.0504. The molecule has 108 valence electrons. The summed E-state index contributed by atoms with van der Waals surface area (Å²) >= 11 is 0. The van der Waals surface area contributed by atoms with Gasteiger partial charge in [-0.25, -0.2) is 0 Å². The Labute approximate surface area is 117 Å². The molecule has 0 bridgehead atoms. The van der Waals surface area contributed by atoms with E-state index in [0.29, 0.717) is 23.7 Å². The van der Waals surface area contributed by atoms with Crippen LogP contribution in [0, 0.1) is 17.0 Å². The number of hydrogen-bond donors (Lipinski definition) is 2. The largest absolute Gasteiger partial charge is 0.352 e. The SMILES string of the molecule is Cc1cc(C(=O)NCCCNC2CC2)cc([N+](=O)[O-])c1. The van der Waals surface area contributed by atoms with Crippen molar-refractivity contribution in [3.63, 3.8) is 0 Å². The predicted molar refractivity (Wildman–Crippen MR) is 75.8 cm³/mol. The van der Waals surface area contributed by atoms with Crippen LogP contribution in [0.2, 0.25) is 0 Å². The summed E-state index contributed by atoms with van der Waals surface area (Å²) in [4.78, 5) is 22.2. The number of nitrogens with zero attached hydrogens (tertiary/aromatic N) is 1. The molecule has 1 aliphatic rings. The van der Waals surface area contributed by atoms with Gasteiger partial charge in [0.25, 0.3) is 11.6 Å². The van der Waals surface area contributed by atoms with E-state index in [-0.39, 0.29) is 11.6 Å². The molecule has 6 heteroatoms. The molecule has 20 heavy (non-hydrogen) atoms. The fraction of sp³-hybridized carbons (Fsp3) is 0.500. The van der Waals surface area contributed by atoms with Crippen molar-refractivity contribution in [2.45, 2.75) is 32.2 Å². The number of amides is 1. The van der Waals surface area contributed by atoms with Gasteiger partial charge in [0.2, 0.25) is 0 Å². The van der Waals surface area contributed by atoms with E-state index in [4.69, 9.17) is 0 Å². The zero-order chi connectivity index (χ0) is 14.5. The van der Waals surface area contributed by atoms with E-state index in [2.05, 4.69) is 10.6 Å². The first-order valence-electron chi connectivity index (χ1n) is 6.84. The van der Waals surface area contributed by atoms with Crippen molar-refractivity contribution in [2.75, 3.05) is 13.1 Å². The molecule has 1 aromatic carbocycles. The second kappa shape index (κ2) is 6.47. The van der Waals surface area contributed by atoms with Crippen molar-refractivity contribution in [2.24, 2.45) is 0 Å². The summed E-state index contributed by atoms with van der Waals surface area (Å²) in [5.74, 6) is -0.261. The first-order chi connectivity index (χ1) is 9.56. The zero-order valence-electron chi connectivity index (χ0n) is 11.5. The van der Waals surface area contributed by atoms with Crippen LogP contribution in [0.1, 0.15) is 35.2 Å². The molecule has 0 unspecified atom stereocenters. The number of nitro benzene ring substituents is 1. The molecule has 1 saturated carbocycles. The van der Waals surface area contributed by atoms with Crippen LogP contribution in [0.5, 0.6) is 0 Å². The van der Waals surface area contributed by atoms with Crippen LogP contribution in [0.3, 0.4) is 0 Å². The smallest absolute Gasteiger partial charge is 0.270 e. The van der Waals surface area contributed by atoms with E-state index in [0.717, 1.165) is 13.0 Å². The summed E-state index contributed by atoms with van der Waals surface area (Å²) in [5, 5.41) is 16.9. The number of carbonyl (C=O) groups is 1. The van der Waals surface area contributed by atoms with Crippen molar-refractivity contribution < 1.29 is 9.72 Å². The lowest BCUT2D eigenvalue weighted by molar-refractivity contribution is -0.384. The highest BCUT2D eigenvalue weighted by Crippen LogP contribution is 2.18. The molecule has 0 spiro atoms. The highest BCUT2D eigenvalue weighted by Gasteiger charge is 2.19. The summed E-state index contributed by atoms with van der Waals surface area (Å²) in [6.07, 6.45) is 3.36. The third-order valence-corrected chi connectivity index (χ3v) is 3.18. The van der Waals surface area contributed by atoms with Crippen LogP contribution in [-0.2, 0) is 0 Å². The fourth-order valence-corrected chi connectivity index (χ4v) is 1.99. The van der Waals surface area contributed by atoms with Crippen LogP contribution in [0.25, 0.3) is 0 Å². The molecule has 0 saturated heterocycles. The molecule has 0 radical (unpaired) electrons. The monoisotopic (exact) mass is 277 g/mol. The van der Waals surface area contributed by atoms with Crippen LogP contribution < -0.4 is 10.6 Å². The van der Waals surface area contributed by atoms with Gasteiger partial charge in [-0.3, -0.25) is 14.9 Å². The molecule has 1 amide bonds.